The number of hydrogen-bond acceptors (Lipinski definition) is 4. The second-order valence-corrected chi connectivity index (χ2v) is 8.21. The van der Waals surface area contributed by atoms with Gasteiger partial charge in [0.05, 0.1) is 25.5 Å². The monoisotopic (exact) mass is 454 g/mol. The molecule has 0 unspecified atom stereocenters. The van der Waals surface area contributed by atoms with Crippen molar-refractivity contribution in [2.45, 2.75) is 46.1 Å². The minimum absolute atomic E-state index is 0.0258. The van der Waals surface area contributed by atoms with Crippen LogP contribution in [0.3, 0.4) is 0 Å². The summed E-state index contributed by atoms with van der Waals surface area (Å²) in [6.45, 7) is 5.42. The zero-order chi connectivity index (χ0) is 23.8. The Labute approximate surface area is 194 Å². The van der Waals surface area contributed by atoms with Crippen LogP contribution >= 0.6 is 0 Å². The van der Waals surface area contributed by atoms with E-state index in [1.807, 2.05) is 24.3 Å². The standard InChI is InChI=1S/C26H31FN2O4/c1-3-24(30)29(18-20-5-9-22(27)10-6-20)23-11-7-19(8-12-23)17-25(31)28-15-13-21(14-16-28)26(32)33-4-2/h5-12,21H,3-4,13-18H2,1-2H3. The Balaban J connectivity index is 1.60. The van der Waals surface area contributed by atoms with Gasteiger partial charge in [-0.2, -0.15) is 0 Å². The van der Waals surface area contributed by atoms with E-state index < -0.39 is 0 Å². The van der Waals surface area contributed by atoms with Gasteiger partial charge in [0.15, 0.2) is 0 Å². The first-order chi connectivity index (χ1) is 15.9. The highest BCUT2D eigenvalue weighted by atomic mass is 19.1. The summed E-state index contributed by atoms with van der Waals surface area (Å²) in [5, 5.41) is 0. The molecular formula is C26H31FN2O4. The van der Waals surface area contributed by atoms with Crippen molar-refractivity contribution < 1.29 is 23.5 Å². The van der Waals surface area contributed by atoms with Gasteiger partial charge in [0.1, 0.15) is 5.82 Å². The summed E-state index contributed by atoms with van der Waals surface area (Å²) < 4.78 is 18.3. The van der Waals surface area contributed by atoms with Crippen molar-refractivity contribution in [3.63, 3.8) is 0 Å². The number of piperidine rings is 1. The molecule has 6 nitrogen and oxygen atoms in total. The lowest BCUT2D eigenvalue weighted by Crippen LogP contribution is -2.41. The number of likely N-dealkylation sites (tertiary alicyclic amines) is 1. The molecule has 0 aromatic heterocycles. The van der Waals surface area contributed by atoms with E-state index in [1.54, 1.807) is 35.8 Å². The molecule has 1 aliphatic heterocycles. The molecule has 3 rings (SSSR count). The number of rotatable bonds is 8. The van der Waals surface area contributed by atoms with Crippen molar-refractivity contribution in [3.8, 4) is 0 Å². The van der Waals surface area contributed by atoms with Crippen LogP contribution in [0.2, 0.25) is 0 Å². The van der Waals surface area contributed by atoms with Crippen LogP contribution in [0.5, 0.6) is 0 Å². The number of carbonyl (C=O) groups is 3. The lowest BCUT2D eigenvalue weighted by Gasteiger charge is -2.31. The average molecular weight is 455 g/mol. The van der Waals surface area contributed by atoms with Gasteiger partial charge in [-0.25, -0.2) is 4.39 Å². The third kappa shape index (κ3) is 6.63. The molecule has 2 aromatic carbocycles. The van der Waals surface area contributed by atoms with Crippen molar-refractivity contribution in [2.75, 3.05) is 24.6 Å². The van der Waals surface area contributed by atoms with Gasteiger partial charge < -0.3 is 14.5 Å². The SMILES string of the molecule is CCOC(=O)C1CCN(C(=O)Cc2ccc(N(Cc3ccc(F)cc3)C(=O)CC)cc2)CC1. The summed E-state index contributed by atoms with van der Waals surface area (Å²) in [5.41, 5.74) is 2.43. The molecule has 33 heavy (non-hydrogen) atoms. The predicted octanol–water partition coefficient (Wildman–Crippen LogP) is 4.11. The Bertz CT molecular complexity index is 951. The molecule has 1 heterocycles. The summed E-state index contributed by atoms with van der Waals surface area (Å²) in [5.74, 6) is -0.625. The van der Waals surface area contributed by atoms with Gasteiger partial charge in [0.2, 0.25) is 11.8 Å². The number of esters is 1. The first-order valence-corrected chi connectivity index (χ1v) is 11.5. The zero-order valence-electron chi connectivity index (χ0n) is 19.3. The number of benzene rings is 2. The van der Waals surface area contributed by atoms with E-state index in [9.17, 15) is 18.8 Å². The minimum atomic E-state index is -0.314. The van der Waals surface area contributed by atoms with Crippen LogP contribution in [0, 0.1) is 11.7 Å². The highest BCUT2D eigenvalue weighted by Gasteiger charge is 2.28. The fourth-order valence-electron chi connectivity index (χ4n) is 3.99. The number of carbonyl (C=O) groups excluding carboxylic acids is 3. The quantitative estimate of drug-likeness (QED) is 0.563. The Morgan fingerprint density at radius 3 is 2.15 bits per heavy atom. The Morgan fingerprint density at radius 1 is 0.970 bits per heavy atom. The summed E-state index contributed by atoms with van der Waals surface area (Å²) in [6, 6.07) is 13.5. The number of anilines is 1. The first-order valence-electron chi connectivity index (χ1n) is 11.5. The van der Waals surface area contributed by atoms with Gasteiger partial charge in [0, 0.05) is 25.2 Å². The second kappa shape index (κ2) is 11.6. The van der Waals surface area contributed by atoms with Gasteiger partial charge in [-0.15, -0.1) is 0 Å². The van der Waals surface area contributed by atoms with Crippen LogP contribution in [0.25, 0.3) is 0 Å². The molecular weight excluding hydrogens is 423 g/mol. The number of hydrogen-bond donors (Lipinski definition) is 0. The number of amides is 2. The van der Waals surface area contributed by atoms with E-state index in [0.29, 0.717) is 45.5 Å². The van der Waals surface area contributed by atoms with Crippen LogP contribution in [0.1, 0.15) is 44.2 Å². The van der Waals surface area contributed by atoms with Crippen LogP contribution < -0.4 is 4.90 Å². The molecule has 1 fully saturated rings. The van der Waals surface area contributed by atoms with Gasteiger partial charge in [-0.1, -0.05) is 31.2 Å². The first kappa shape index (κ1) is 24.4. The molecule has 1 saturated heterocycles. The maximum Gasteiger partial charge on any atom is 0.309 e. The van der Waals surface area contributed by atoms with Crippen LogP contribution in [-0.2, 0) is 32.1 Å². The molecule has 0 aliphatic carbocycles. The van der Waals surface area contributed by atoms with E-state index in [2.05, 4.69) is 0 Å². The van der Waals surface area contributed by atoms with E-state index >= 15 is 0 Å². The average Bonchev–Trinajstić information content (AvgIpc) is 2.84. The fraction of sp³-hybridized carbons (Fsp3) is 0.423. The summed E-state index contributed by atoms with van der Waals surface area (Å²) in [4.78, 5) is 40.6. The molecule has 0 N–H and O–H groups in total. The van der Waals surface area contributed by atoms with Crippen LogP contribution in [0.15, 0.2) is 48.5 Å². The van der Waals surface area contributed by atoms with E-state index in [-0.39, 0.29) is 35.9 Å². The second-order valence-electron chi connectivity index (χ2n) is 8.21. The van der Waals surface area contributed by atoms with Crippen molar-refractivity contribution in [1.29, 1.82) is 0 Å². The molecule has 0 radical (unpaired) electrons. The molecule has 7 heteroatoms. The largest absolute Gasteiger partial charge is 0.466 e. The zero-order valence-corrected chi connectivity index (χ0v) is 19.3. The van der Waals surface area contributed by atoms with Gasteiger partial charge >= 0.3 is 5.97 Å². The normalized spacial score (nSPS) is 14.1. The predicted molar refractivity (Wildman–Crippen MR) is 124 cm³/mol. The Hall–Kier alpha value is -3.22. The highest BCUT2D eigenvalue weighted by molar-refractivity contribution is 5.93. The molecule has 0 saturated carbocycles. The van der Waals surface area contributed by atoms with E-state index in [0.717, 1.165) is 16.8 Å². The van der Waals surface area contributed by atoms with Gasteiger partial charge in [-0.05, 0) is 55.2 Å². The third-order valence-corrected chi connectivity index (χ3v) is 5.93. The van der Waals surface area contributed by atoms with E-state index in [4.69, 9.17) is 4.74 Å². The fourth-order valence-corrected chi connectivity index (χ4v) is 3.99. The number of halogens is 1. The lowest BCUT2D eigenvalue weighted by molar-refractivity contribution is -0.151. The smallest absolute Gasteiger partial charge is 0.309 e. The van der Waals surface area contributed by atoms with Crippen molar-refractivity contribution in [1.82, 2.24) is 4.90 Å². The lowest BCUT2D eigenvalue weighted by atomic mass is 9.96. The summed E-state index contributed by atoms with van der Waals surface area (Å²) >= 11 is 0. The van der Waals surface area contributed by atoms with Crippen molar-refractivity contribution in [3.05, 3.63) is 65.5 Å². The summed E-state index contributed by atoms with van der Waals surface area (Å²) in [7, 11) is 0. The van der Waals surface area contributed by atoms with Crippen LogP contribution in [-0.4, -0.2) is 42.4 Å². The summed E-state index contributed by atoms with van der Waals surface area (Å²) in [6.07, 6.45) is 1.87. The van der Waals surface area contributed by atoms with Crippen LogP contribution in [0.4, 0.5) is 10.1 Å². The van der Waals surface area contributed by atoms with Gasteiger partial charge in [0.25, 0.3) is 0 Å². The molecule has 176 valence electrons. The number of nitrogens with zero attached hydrogens (tertiary/aromatic N) is 2. The van der Waals surface area contributed by atoms with Gasteiger partial charge in [-0.3, -0.25) is 14.4 Å². The molecule has 0 spiro atoms. The molecule has 1 aliphatic rings. The maximum atomic E-state index is 13.2. The molecule has 2 amide bonds. The third-order valence-electron chi connectivity index (χ3n) is 5.93. The Kier molecular flexibility index (Phi) is 8.58. The topological polar surface area (TPSA) is 66.9 Å². The minimum Gasteiger partial charge on any atom is -0.466 e. The van der Waals surface area contributed by atoms with E-state index in [1.165, 1.54) is 12.1 Å². The number of ether oxygens (including phenoxy) is 1. The maximum absolute atomic E-state index is 13.2. The van der Waals surface area contributed by atoms with Crippen molar-refractivity contribution >= 4 is 23.5 Å². The Morgan fingerprint density at radius 2 is 1.58 bits per heavy atom. The molecule has 0 atom stereocenters. The molecule has 0 bridgehead atoms. The highest BCUT2D eigenvalue weighted by Crippen LogP contribution is 2.22. The molecule has 2 aromatic rings. The van der Waals surface area contributed by atoms with Crippen molar-refractivity contribution in [2.24, 2.45) is 5.92 Å².